The number of carbonyl (C=O) groups excluding carboxylic acids is 1. The van der Waals surface area contributed by atoms with Gasteiger partial charge >= 0.3 is 0 Å². The molecule has 1 atom stereocenters. The smallest absolute Gasteiger partial charge is 0.233 e. The van der Waals surface area contributed by atoms with E-state index in [-0.39, 0.29) is 11.3 Å². The molecule has 0 aromatic carbocycles. The minimum absolute atomic E-state index is 0.165. The first-order valence-electron chi connectivity index (χ1n) is 5.63. The number of carbonyl (C=O) groups is 1. The molecule has 3 nitrogen and oxygen atoms in total. The van der Waals surface area contributed by atoms with Gasteiger partial charge in [0, 0.05) is 24.5 Å². The van der Waals surface area contributed by atoms with Gasteiger partial charge in [0.05, 0.1) is 5.75 Å². The third-order valence-electron chi connectivity index (χ3n) is 2.69. The maximum absolute atomic E-state index is 11.8. The first-order chi connectivity index (χ1) is 8.33. The van der Waals surface area contributed by atoms with Crippen molar-refractivity contribution in [2.24, 2.45) is 0 Å². The van der Waals surface area contributed by atoms with Crippen molar-refractivity contribution >= 4 is 29.4 Å². The van der Waals surface area contributed by atoms with E-state index in [9.17, 15) is 4.79 Å². The fraction of sp³-hybridized carbons (Fsp3) is 0.500. The number of amides is 1. The van der Waals surface area contributed by atoms with Crippen molar-refractivity contribution < 1.29 is 4.79 Å². The minimum Gasteiger partial charge on any atom is -0.326 e. The molecule has 1 aliphatic heterocycles. The average molecular weight is 268 g/mol. The lowest BCUT2D eigenvalue weighted by Crippen LogP contribution is -2.29. The monoisotopic (exact) mass is 268 g/mol. The Morgan fingerprint density at radius 1 is 1.65 bits per heavy atom. The summed E-state index contributed by atoms with van der Waals surface area (Å²) >= 11 is 3.53. The van der Waals surface area contributed by atoms with Gasteiger partial charge in [-0.2, -0.15) is 11.8 Å². The summed E-state index contributed by atoms with van der Waals surface area (Å²) in [4.78, 5) is 17.9. The molecular weight excluding hydrogens is 252 g/mol. The molecular formula is C12H16N2OS2. The lowest BCUT2D eigenvalue weighted by Gasteiger charge is -2.23. The van der Waals surface area contributed by atoms with Crippen molar-refractivity contribution in [3.05, 3.63) is 30.1 Å². The maximum atomic E-state index is 11.8. The van der Waals surface area contributed by atoms with E-state index in [0.717, 1.165) is 24.3 Å². The molecule has 0 aliphatic carbocycles. The maximum Gasteiger partial charge on any atom is 0.233 e. The molecule has 92 valence electrons. The molecule has 1 aromatic heterocycles. The molecule has 5 heteroatoms. The van der Waals surface area contributed by atoms with E-state index in [2.05, 4.69) is 11.2 Å². The molecule has 1 saturated heterocycles. The first kappa shape index (κ1) is 12.8. The highest BCUT2D eigenvalue weighted by Gasteiger charge is 2.32. The topological polar surface area (TPSA) is 33.2 Å². The molecule has 17 heavy (non-hydrogen) atoms. The lowest BCUT2D eigenvalue weighted by molar-refractivity contribution is -0.128. The quantitative estimate of drug-likeness (QED) is 0.768. The van der Waals surface area contributed by atoms with Gasteiger partial charge in [0.15, 0.2) is 0 Å². The number of hydrogen-bond acceptors (Lipinski definition) is 4. The zero-order chi connectivity index (χ0) is 12.1. The van der Waals surface area contributed by atoms with Crippen LogP contribution in [0.15, 0.2) is 24.5 Å². The van der Waals surface area contributed by atoms with Gasteiger partial charge in [0.25, 0.3) is 0 Å². The Bertz CT molecular complexity index is 372. The second-order valence-electron chi connectivity index (χ2n) is 3.88. The van der Waals surface area contributed by atoms with Crippen molar-refractivity contribution in [2.45, 2.75) is 11.8 Å². The zero-order valence-electron chi connectivity index (χ0n) is 9.83. The summed E-state index contributed by atoms with van der Waals surface area (Å²) < 4.78 is 0. The Balaban J connectivity index is 2.03. The summed E-state index contributed by atoms with van der Waals surface area (Å²) in [5, 5.41) is 0.165. The number of pyridine rings is 1. The van der Waals surface area contributed by atoms with E-state index in [4.69, 9.17) is 0 Å². The van der Waals surface area contributed by atoms with Crippen LogP contribution in [0.25, 0.3) is 0 Å². The minimum atomic E-state index is 0.165. The van der Waals surface area contributed by atoms with Crippen LogP contribution in [0.4, 0.5) is 0 Å². The molecule has 2 rings (SSSR count). The van der Waals surface area contributed by atoms with Crippen LogP contribution in [-0.2, 0) is 4.79 Å². The van der Waals surface area contributed by atoms with Crippen LogP contribution in [0.1, 0.15) is 17.4 Å². The summed E-state index contributed by atoms with van der Waals surface area (Å²) in [6.45, 7) is 0.853. The Hall–Kier alpha value is -0.680. The van der Waals surface area contributed by atoms with E-state index >= 15 is 0 Å². The summed E-state index contributed by atoms with van der Waals surface area (Å²) in [6.07, 6.45) is 6.78. The fourth-order valence-electron chi connectivity index (χ4n) is 1.87. The van der Waals surface area contributed by atoms with E-state index in [1.807, 2.05) is 35.0 Å². The highest BCUT2D eigenvalue weighted by molar-refractivity contribution is 8.00. The average Bonchev–Trinajstić information content (AvgIpc) is 2.73. The Morgan fingerprint density at radius 3 is 3.24 bits per heavy atom. The van der Waals surface area contributed by atoms with Gasteiger partial charge in [0.2, 0.25) is 5.91 Å². The van der Waals surface area contributed by atoms with Crippen LogP contribution >= 0.6 is 23.5 Å². The number of nitrogens with zero attached hydrogens (tertiary/aromatic N) is 2. The molecule has 1 unspecified atom stereocenters. The Kier molecular flexibility index (Phi) is 4.74. The van der Waals surface area contributed by atoms with Crippen molar-refractivity contribution in [3.8, 4) is 0 Å². The highest BCUT2D eigenvalue weighted by atomic mass is 32.2. The fourth-order valence-corrected chi connectivity index (χ4v) is 3.49. The molecule has 1 fully saturated rings. The van der Waals surface area contributed by atoms with Gasteiger partial charge in [-0.05, 0) is 24.5 Å². The molecule has 2 heterocycles. The molecule has 0 radical (unpaired) electrons. The molecule has 0 N–H and O–H groups in total. The SMILES string of the molecule is CSCCCN1C(=O)CSC1c1cccnc1. The number of thioether (sulfide) groups is 2. The Labute approximate surface area is 110 Å². The van der Waals surface area contributed by atoms with Gasteiger partial charge in [-0.1, -0.05) is 6.07 Å². The van der Waals surface area contributed by atoms with E-state index in [0.29, 0.717) is 5.75 Å². The van der Waals surface area contributed by atoms with E-state index in [1.54, 1.807) is 18.0 Å². The van der Waals surface area contributed by atoms with Gasteiger partial charge in [-0.25, -0.2) is 0 Å². The van der Waals surface area contributed by atoms with Crippen LogP contribution < -0.4 is 0 Å². The predicted molar refractivity (Wildman–Crippen MR) is 74.1 cm³/mol. The number of aromatic nitrogens is 1. The van der Waals surface area contributed by atoms with Crippen LogP contribution in [0.5, 0.6) is 0 Å². The van der Waals surface area contributed by atoms with Crippen LogP contribution in [0.3, 0.4) is 0 Å². The summed E-state index contributed by atoms with van der Waals surface area (Å²) in [5.74, 6) is 1.96. The highest BCUT2D eigenvalue weighted by Crippen LogP contribution is 2.38. The van der Waals surface area contributed by atoms with Crippen molar-refractivity contribution in [2.75, 3.05) is 24.3 Å². The third kappa shape index (κ3) is 3.16. The second-order valence-corrected chi connectivity index (χ2v) is 5.94. The van der Waals surface area contributed by atoms with Crippen LogP contribution in [0.2, 0.25) is 0 Å². The van der Waals surface area contributed by atoms with E-state index < -0.39 is 0 Å². The predicted octanol–water partition coefficient (Wildman–Crippen LogP) is 2.41. The molecule has 0 spiro atoms. The van der Waals surface area contributed by atoms with Gasteiger partial charge in [-0.3, -0.25) is 9.78 Å². The number of rotatable bonds is 5. The summed E-state index contributed by atoms with van der Waals surface area (Å²) in [6, 6.07) is 3.98. The van der Waals surface area contributed by atoms with Gasteiger partial charge in [0.1, 0.15) is 5.37 Å². The first-order valence-corrected chi connectivity index (χ1v) is 8.07. The third-order valence-corrected chi connectivity index (χ3v) is 4.64. The summed E-state index contributed by atoms with van der Waals surface area (Å²) in [7, 11) is 0. The van der Waals surface area contributed by atoms with Crippen LogP contribution in [0, 0.1) is 0 Å². The van der Waals surface area contributed by atoms with Crippen molar-refractivity contribution in [3.63, 3.8) is 0 Å². The standard InChI is InChI=1S/C12H16N2OS2/c1-16-7-3-6-14-11(15)9-17-12(14)10-4-2-5-13-8-10/h2,4-5,8,12H,3,6-7,9H2,1H3. The van der Waals surface area contributed by atoms with Gasteiger partial charge in [-0.15, -0.1) is 11.8 Å². The molecule has 1 aromatic rings. The van der Waals surface area contributed by atoms with Crippen molar-refractivity contribution in [1.82, 2.24) is 9.88 Å². The number of hydrogen-bond donors (Lipinski definition) is 0. The largest absolute Gasteiger partial charge is 0.326 e. The second kappa shape index (κ2) is 6.31. The summed E-state index contributed by atoms with van der Waals surface area (Å²) in [5.41, 5.74) is 1.13. The van der Waals surface area contributed by atoms with Gasteiger partial charge < -0.3 is 4.90 Å². The van der Waals surface area contributed by atoms with Crippen molar-refractivity contribution in [1.29, 1.82) is 0 Å². The normalized spacial score (nSPS) is 19.9. The lowest BCUT2D eigenvalue weighted by atomic mass is 10.2. The van der Waals surface area contributed by atoms with Crippen LogP contribution in [-0.4, -0.2) is 40.1 Å². The molecule has 0 bridgehead atoms. The molecule has 1 amide bonds. The molecule has 0 saturated carbocycles. The molecule has 1 aliphatic rings. The zero-order valence-corrected chi connectivity index (χ0v) is 11.5. The Morgan fingerprint density at radius 2 is 2.53 bits per heavy atom. The van der Waals surface area contributed by atoms with E-state index in [1.165, 1.54) is 0 Å².